The number of carbonyl (C=O) groups excluding carboxylic acids is 1. The van der Waals surface area contributed by atoms with Crippen molar-refractivity contribution < 1.29 is 9.53 Å². The number of rotatable bonds is 1. The van der Waals surface area contributed by atoms with E-state index in [0.717, 1.165) is 30.8 Å². The van der Waals surface area contributed by atoms with Crippen LogP contribution in [0.25, 0.3) is 0 Å². The minimum atomic E-state index is -0.468. The van der Waals surface area contributed by atoms with Crippen LogP contribution in [0.3, 0.4) is 0 Å². The van der Waals surface area contributed by atoms with Crippen molar-refractivity contribution in [2.45, 2.75) is 59.1 Å². The Hall–Kier alpha value is -1.84. The van der Waals surface area contributed by atoms with Crippen LogP contribution in [0.4, 0.5) is 10.5 Å². The lowest BCUT2D eigenvalue weighted by Gasteiger charge is -2.30. The van der Waals surface area contributed by atoms with E-state index in [1.54, 1.807) is 0 Å². The lowest BCUT2D eigenvalue weighted by atomic mass is 9.94. The normalized spacial score (nSPS) is 23.7. The first-order valence-electron chi connectivity index (χ1n) is 8.42. The first-order chi connectivity index (χ1) is 10.8. The van der Waals surface area contributed by atoms with Gasteiger partial charge in [0, 0.05) is 18.7 Å². The third-order valence-electron chi connectivity index (χ3n) is 4.68. The van der Waals surface area contributed by atoms with Gasteiger partial charge in [0.1, 0.15) is 5.60 Å². The van der Waals surface area contributed by atoms with Crippen LogP contribution in [0, 0.1) is 12.8 Å². The van der Waals surface area contributed by atoms with Gasteiger partial charge in [-0.25, -0.2) is 4.79 Å². The largest absolute Gasteiger partial charge is 0.444 e. The van der Waals surface area contributed by atoms with E-state index in [9.17, 15) is 4.79 Å². The SMILES string of the molecule is Cc1cccc2c1CC([C@@H]1[C@@H](C)CCN1C(=O)OC(C)(C)C)=N2. The summed E-state index contributed by atoms with van der Waals surface area (Å²) in [5, 5.41) is 0. The summed E-state index contributed by atoms with van der Waals surface area (Å²) in [6.45, 7) is 10.8. The molecular weight excluding hydrogens is 288 g/mol. The van der Waals surface area contributed by atoms with Gasteiger partial charge in [-0.1, -0.05) is 19.1 Å². The van der Waals surface area contributed by atoms with Crippen LogP contribution in [-0.4, -0.2) is 34.9 Å². The van der Waals surface area contributed by atoms with E-state index < -0.39 is 5.60 Å². The summed E-state index contributed by atoms with van der Waals surface area (Å²) in [5.41, 5.74) is 4.26. The van der Waals surface area contributed by atoms with Gasteiger partial charge in [-0.15, -0.1) is 0 Å². The molecule has 2 aliphatic heterocycles. The predicted molar refractivity (Wildman–Crippen MR) is 92.5 cm³/mol. The van der Waals surface area contributed by atoms with Crippen LogP contribution in [0.2, 0.25) is 0 Å². The van der Waals surface area contributed by atoms with Gasteiger partial charge in [-0.05, 0) is 57.2 Å². The predicted octanol–water partition coefficient (Wildman–Crippen LogP) is 4.27. The molecule has 1 aromatic carbocycles. The lowest BCUT2D eigenvalue weighted by Crippen LogP contribution is -2.45. The minimum Gasteiger partial charge on any atom is -0.444 e. The Kier molecular flexibility index (Phi) is 3.95. The molecule has 4 heteroatoms. The number of nitrogens with zero attached hydrogens (tertiary/aromatic N) is 2. The number of aryl methyl sites for hydroxylation is 1. The van der Waals surface area contributed by atoms with Gasteiger partial charge in [-0.3, -0.25) is 9.89 Å². The molecule has 1 fully saturated rings. The second kappa shape index (κ2) is 5.66. The number of hydrogen-bond donors (Lipinski definition) is 0. The fraction of sp³-hybridized carbons (Fsp3) is 0.579. The van der Waals surface area contributed by atoms with Crippen molar-refractivity contribution in [3.63, 3.8) is 0 Å². The number of hydrogen-bond acceptors (Lipinski definition) is 3. The first kappa shape index (κ1) is 16.0. The monoisotopic (exact) mass is 314 g/mol. The molecule has 1 aromatic rings. The number of ether oxygens (including phenoxy) is 1. The van der Waals surface area contributed by atoms with Crippen molar-refractivity contribution in [3.05, 3.63) is 29.3 Å². The third-order valence-corrected chi connectivity index (χ3v) is 4.68. The Bertz CT molecular complexity index is 658. The Morgan fingerprint density at radius 1 is 1.35 bits per heavy atom. The zero-order valence-electron chi connectivity index (χ0n) is 14.7. The Labute approximate surface area is 138 Å². The molecule has 2 heterocycles. The van der Waals surface area contributed by atoms with Gasteiger partial charge in [0.05, 0.1) is 11.7 Å². The number of likely N-dealkylation sites (tertiary alicyclic amines) is 1. The summed E-state index contributed by atoms with van der Waals surface area (Å²) in [6, 6.07) is 6.29. The van der Waals surface area contributed by atoms with Gasteiger partial charge in [0.25, 0.3) is 0 Å². The van der Waals surface area contributed by atoms with Crippen molar-refractivity contribution in [2.75, 3.05) is 6.54 Å². The standard InChI is InChI=1S/C19H26N2O2/c1-12-7-6-8-15-14(12)11-16(20-15)17-13(2)9-10-21(17)18(22)23-19(3,4)5/h6-8,13,17H,9-11H2,1-5H3/t13-,17-/m0/s1. The fourth-order valence-electron chi connectivity index (χ4n) is 3.55. The van der Waals surface area contributed by atoms with Gasteiger partial charge in [-0.2, -0.15) is 0 Å². The molecule has 1 saturated heterocycles. The second-order valence-corrected chi connectivity index (χ2v) is 7.74. The van der Waals surface area contributed by atoms with Crippen molar-refractivity contribution in [1.82, 2.24) is 4.90 Å². The summed E-state index contributed by atoms with van der Waals surface area (Å²) >= 11 is 0. The van der Waals surface area contributed by atoms with Crippen molar-refractivity contribution in [1.29, 1.82) is 0 Å². The topological polar surface area (TPSA) is 41.9 Å². The molecule has 0 bridgehead atoms. The van der Waals surface area contributed by atoms with E-state index in [1.807, 2.05) is 31.7 Å². The molecule has 0 unspecified atom stereocenters. The Morgan fingerprint density at radius 3 is 2.74 bits per heavy atom. The van der Waals surface area contributed by atoms with E-state index in [4.69, 9.17) is 9.73 Å². The molecule has 0 aromatic heterocycles. The zero-order chi connectivity index (χ0) is 16.8. The molecule has 1 amide bonds. The van der Waals surface area contributed by atoms with Crippen molar-refractivity contribution in [2.24, 2.45) is 10.9 Å². The van der Waals surface area contributed by atoms with Crippen LogP contribution >= 0.6 is 0 Å². The van der Waals surface area contributed by atoms with Gasteiger partial charge in [0.15, 0.2) is 0 Å². The summed E-state index contributed by atoms with van der Waals surface area (Å²) in [7, 11) is 0. The Balaban J connectivity index is 1.84. The zero-order valence-corrected chi connectivity index (χ0v) is 14.7. The van der Waals surface area contributed by atoms with Crippen LogP contribution in [-0.2, 0) is 11.2 Å². The molecule has 4 nitrogen and oxygen atoms in total. The lowest BCUT2D eigenvalue weighted by molar-refractivity contribution is 0.0256. The van der Waals surface area contributed by atoms with Gasteiger partial charge in [0.2, 0.25) is 0 Å². The third kappa shape index (κ3) is 3.12. The summed E-state index contributed by atoms with van der Waals surface area (Å²) in [5.74, 6) is 0.413. The average Bonchev–Trinajstić information content (AvgIpc) is 3.00. The molecule has 0 radical (unpaired) electrons. The highest BCUT2D eigenvalue weighted by molar-refractivity contribution is 6.00. The summed E-state index contributed by atoms with van der Waals surface area (Å²) in [4.78, 5) is 19.3. The number of benzene rings is 1. The molecule has 0 aliphatic carbocycles. The summed E-state index contributed by atoms with van der Waals surface area (Å²) in [6.07, 6.45) is 1.62. The van der Waals surface area contributed by atoms with E-state index in [-0.39, 0.29) is 12.1 Å². The van der Waals surface area contributed by atoms with Crippen LogP contribution in [0.1, 0.15) is 45.2 Å². The maximum Gasteiger partial charge on any atom is 0.410 e. The molecule has 2 aliphatic rings. The molecule has 0 spiro atoms. The van der Waals surface area contributed by atoms with E-state index in [1.165, 1.54) is 11.1 Å². The van der Waals surface area contributed by atoms with Crippen LogP contribution in [0.5, 0.6) is 0 Å². The second-order valence-electron chi connectivity index (χ2n) is 7.74. The first-order valence-corrected chi connectivity index (χ1v) is 8.42. The van der Waals surface area contributed by atoms with E-state index in [0.29, 0.717) is 5.92 Å². The average molecular weight is 314 g/mol. The molecular formula is C19H26N2O2. The van der Waals surface area contributed by atoms with Crippen molar-refractivity contribution >= 4 is 17.5 Å². The Morgan fingerprint density at radius 2 is 2.09 bits per heavy atom. The maximum atomic E-state index is 12.6. The maximum absolute atomic E-state index is 12.6. The van der Waals surface area contributed by atoms with Crippen molar-refractivity contribution in [3.8, 4) is 0 Å². The highest BCUT2D eigenvalue weighted by Gasteiger charge is 2.41. The number of aliphatic imine (C=N–C) groups is 1. The summed E-state index contributed by atoms with van der Waals surface area (Å²) < 4.78 is 5.59. The number of carbonyl (C=O) groups is 1. The minimum absolute atomic E-state index is 0.0525. The molecule has 0 N–H and O–H groups in total. The quantitative estimate of drug-likeness (QED) is 0.777. The van der Waals surface area contributed by atoms with E-state index >= 15 is 0 Å². The number of fused-ring (bicyclic) bond motifs is 1. The molecule has 23 heavy (non-hydrogen) atoms. The number of amides is 1. The van der Waals surface area contributed by atoms with Gasteiger partial charge < -0.3 is 4.74 Å². The van der Waals surface area contributed by atoms with Crippen LogP contribution < -0.4 is 0 Å². The van der Waals surface area contributed by atoms with E-state index in [2.05, 4.69) is 26.0 Å². The highest BCUT2D eigenvalue weighted by atomic mass is 16.6. The molecule has 0 saturated carbocycles. The molecule has 124 valence electrons. The highest BCUT2D eigenvalue weighted by Crippen LogP contribution is 2.35. The van der Waals surface area contributed by atoms with Crippen LogP contribution in [0.15, 0.2) is 23.2 Å². The molecule has 3 rings (SSSR count). The van der Waals surface area contributed by atoms with Gasteiger partial charge >= 0.3 is 6.09 Å². The smallest absolute Gasteiger partial charge is 0.410 e. The molecule has 2 atom stereocenters. The fourth-order valence-corrected chi connectivity index (χ4v) is 3.55.